The Kier molecular flexibility index (Phi) is 6.04. The normalized spacial score (nSPS) is 12.6. The highest BCUT2D eigenvalue weighted by molar-refractivity contribution is 8.03. The van der Waals surface area contributed by atoms with Crippen LogP contribution in [0.15, 0.2) is 25.7 Å². The molecule has 0 amide bonds. The van der Waals surface area contributed by atoms with Crippen molar-refractivity contribution in [2.45, 2.75) is 40.4 Å². The summed E-state index contributed by atoms with van der Waals surface area (Å²) in [7, 11) is 0. The van der Waals surface area contributed by atoms with Gasteiger partial charge < -0.3 is 5.32 Å². The van der Waals surface area contributed by atoms with E-state index in [1.54, 1.807) is 47.9 Å². The van der Waals surface area contributed by atoms with E-state index >= 15 is 0 Å². The van der Waals surface area contributed by atoms with Crippen molar-refractivity contribution >= 4 is 34.9 Å². The highest BCUT2D eigenvalue weighted by Crippen LogP contribution is 2.37. The summed E-state index contributed by atoms with van der Waals surface area (Å²) in [6.07, 6.45) is 1.98. The van der Waals surface area contributed by atoms with E-state index in [1.807, 2.05) is 26.2 Å². The molecule has 1 atom stereocenters. The molecule has 21 heavy (non-hydrogen) atoms. The van der Waals surface area contributed by atoms with E-state index in [9.17, 15) is 4.39 Å². The first kappa shape index (κ1) is 16.7. The van der Waals surface area contributed by atoms with Crippen molar-refractivity contribution in [3.05, 3.63) is 29.1 Å². The van der Waals surface area contributed by atoms with Crippen LogP contribution in [0, 0.1) is 12.7 Å². The van der Waals surface area contributed by atoms with Crippen LogP contribution in [0.3, 0.4) is 0 Å². The third-order valence-corrected chi connectivity index (χ3v) is 6.05. The number of halogens is 1. The molecule has 0 fully saturated rings. The standard InChI is InChI=1S/C14H18FN3S3/c1-5-16-9(3)10-7-11(15)8(2)6-12(10)20-14-18-17-13(19-4)21-14/h6-7,9,16H,5H2,1-4H3. The van der Waals surface area contributed by atoms with Gasteiger partial charge in [-0.25, -0.2) is 4.39 Å². The maximum atomic E-state index is 13.9. The zero-order valence-corrected chi connectivity index (χ0v) is 14.9. The lowest BCUT2D eigenvalue weighted by atomic mass is 10.1. The van der Waals surface area contributed by atoms with E-state index in [0.29, 0.717) is 5.56 Å². The second kappa shape index (κ2) is 7.58. The van der Waals surface area contributed by atoms with Gasteiger partial charge in [0.1, 0.15) is 5.82 Å². The Bertz CT molecular complexity index is 616. The predicted octanol–water partition coefficient (Wildman–Crippen LogP) is 4.53. The lowest BCUT2D eigenvalue weighted by molar-refractivity contribution is 0.571. The molecule has 0 bridgehead atoms. The van der Waals surface area contributed by atoms with Gasteiger partial charge in [-0.2, -0.15) is 0 Å². The molecule has 0 saturated heterocycles. The second-order valence-corrected chi connectivity index (χ2v) is 7.88. The zero-order valence-electron chi connectivity index (χ0n) is 12.4. The summed E-state index contributed by atoms with van der Waals surface area (Å²) in [5.74, 6) is -0.166. The Morgan fingerprint density at radius 3 is 2.67 bits per heavy atom. The van der Waals surface area contributed by atoms with E-state index in [-0.39, 0.29) is 11.9 Å². The quantitative estimate of drug-likeness (QED) is 0.780. The van der Waals surface area contributed by atoms with Gasteiger partial charge in [0.2, 0.25) is 0 Å². The molecule has 0 saturated carbocycles. The predicted molar refractivity (Wildman–Crippen MR) is 89.0 cm³/mol. The van der Waals surface area contributed by atoms with Crippen molar-refractivity contribution in [1.29, 1.82) is 0 Å². The summed E-state index contributed by atoms with van der Waals surface area (Å²) in [5.41, 5.74) is 1.62. The lowest BCUT2D eigenvalue weighted by Gasteiger charge is -2.17. The second-order valence-electron chi connectivity index (χ2n) is 4.56. The molecule has 1 unspecified atom stereocenters. The summed E-state index contributed by atoms with van der Waals surface area (Å²) in [6.45, 7) is 6.72. The Balaban J connectivity index is 2.33. The largest absolute Gasteiger partial charge is 0.310 e. The molecule has 1 N–H and O–H groups in total. The zero-order chi connectivity index (χ0) is 15.4. The summed E-state index contributed by atoms with van der Waals surface area (Å²) in [4.78, 5) is 1.03. The van der Waals surface area contributed by atoms with Crippen molar-refractivity contribution < 1.29 is 4.39 Å². The first-order valence-electron chi connectivity index (χ1n) is 6.64. The van der Waals surface area contributed by atoms with Gasteiger partial charge in [0.25, 0.3) is 0 Å². The molecule has 7 heteroatoms. The van der Waals surface area contributed by atoms with Crippen LogP contribution >= 0.6 is 34.9 Å². The van der Waals surface area contributed by atoms with Gasteiger partial charge in [-0.3, -0.25) is 0 Å². The maximum Gasteiger partial charge on any atom is 0.179 e. The molecule has 1 aromatic carbocycles. The third kappa shape index (κ3) is 4.18. The van der Waals surface area contributed by atoms with Crippen LogP contribution < -0.4 is 5.32 Å². The van der Waals surface area contributed by atoms with Gasteiger partial charge in [0.15, 0.2) is 8.68 Å². The third-order valence-electron chi connectivity index (χ3n) is 3.03. The molecule has 1 heterocycles. The molecule has 114 valence electrons. The van der Waals surface area contributed by atoms with Crippen molar-refractivity contribution in [2.75, 3.05) is 12.8 Å². The lowest BCUT2D eigenvalue weighted by Crippen LogP contribution is -2.18. The van der Waals surface area contributed by atoms with Gasteiger partial charge in [0, 0.05) is 10.9 Å². The van der Waals surface area contributed by atoms with E-state index in [4.69, 9.17) is 0 Å². The maximum absolute atomic E-state index is 13.9. The number of aryl methyl sites for hydroxylation is 1. The first-order chi connectivity index (χ1) is 10.0. The average Bonchev–Trinajstić information content (AvgIpc) is 2.90. The first-order valence-corrected chi connectivity index (χ1v) is 9.49. The molecule has 0 aliphatic heterocycles. The molecular formula is C14H18FN3S3. The fourth-order valence-corrected chi connectivity index (χ4v) is 4.62. The number of benzene rings is 1. The van der Waals surface area contributed by atoms with Crippen LogP contribution in [0.1, 0.15) is 31.0 Å². The van der Waals surface area contributed by atoms with Gasteiger partial charge >= 0.3 is 0 Å². The van der Waals surface area contributed by atoms with Crippen molar-refractivity contribution in [3.63, 3.8) is 0 Å². The van der Waals surface area contributed by atoms with Gasteiger partial charge in [-0.05, 0) is 49.9 Å². The number of nitrogens with zero attached hydrogens (tertiary/aromatic N) is 2. The van der Waals surface area contributed by atoms with Crippen LogP contribution in [-0.4, -0.2) is 23.0 Å². The number of thioether (sulfide) groups is 1. The number of rotatable bonds is 6. The Labute approximate surface area is 137 Å². The number of nitrogens with one attached hydrogen (secondary N) is 1. The number of hydrogen-bond donors (Lipinski definition) is 1. The van der Waals surface area contributed by atoms with Gasteiger partial charge in [0.05, 0.1) is 0 Å². The number of hydrogen-bond acceptors (Lipinski definition) is 6. The molecule has 0 spiro atoms. The minimum atomic E-state index is -0.166. The summed E-state index contributed by atoms with van der Waals surface area (Å²) >= 11 is 4.70. The molecular weight excluding hydrogens is 325 g/mol. The van der Waals surface area contributed by atoms with Gasteiger partial charge in [-0.1, -0.05) is 41.8 Å². The SMILES string of the molecule is CCNC(C)c1cc(F)c(C)cc1Sc1nnc(SC)s1. The van der Waals surface area contributed by atoms with Crippen LogP contribution in [-0.2, 0) is 0 Å². The van der Waals surface area contributed by atoms with E-state index in [0.717, 1.165) is 25.7 Å². The molecule has 0 radical (unpaired) electrons. The Morgan fingerprint density at radius 2 is 2.05 bits per heavy atom. The molecule has 3 nitrogen and oxygen atoms in total. The summed E-state index contributed by atoms with van der Waals surface area (Å²) < 4.78 is 15.7. The van der Waals surface area contributed by atoms with Crippen LogP contribution in [0.5, 0.6) is 0 Å². The van der Waals surface area contributed by atoms with Crippen molar-refractivity contribution in [3.8, 4) is 0 Å². The minimum absolute atomic E-state index is 0.0977. The minimum Gasteiger partial charge on any atom is -0.310 e. The smallest absolute Gasteiger partial charge is 0.179 e. The molecule has 0 aliphatic carbocycles. The fourth-order valence-electron chi connectivity index (χ4n) is 1.93. The van der Waals surface area contributed by atoms with Crippen LogP contribution in [0.2, 0.25) is 0 Å². The summed E-state index contributed by atoms with van der Waals surface area (Å²) in [5, 5.41) is 11.6. The Morgan fingerprint density at radius 1 is 1.33 bits per heavy atom. The molecule has 2 rings (SSSR count). The summed E-state index contributed by atoms with van der Waals surface area (Å²) in [6, 6.07) is 3.62. The van der Waals surface area contributed by atoms with Crippen molar-refractivity contribution in [2.24, 2.45) is 0 Å². The van der Waals surface area contributed by atoms with E-state index in [2.05, 4.69) is 15.5 Å². The van der Waals surface area contributed by atoms with E-state index in [1.165, 1.54) is 0 Å². The number of aromatic nitrogens is 2. The van der Waals surface area contributed by atoms with Crippen LogP contribution in [0.4, 0.5) is 4.39 Å². The van der Waals surface area contributed by atoms with E-state index < -0.39 is 0 Å². The topological polar surface area (TPSA) is 37.8 Å². The molecule has 1 aromatic heterocycles. The molecule has 2 aromatic rings. The van der Waals surface area contributed by atoms with Crippen LogP contribution in [0.25, 0.3) is 0 Å². The monoisotopic (exact) mass is 343 g/mol. The average molecular weight is 344 g/mol. The highest BCUT2D eigenvalue weighted by Gasteiger charge is 2.16. The van der Waals surface area contributed by atoms with Crippen molar-refractivity contribution in [1.82, 2.24) is 15.5 Å². The highest BCUT2D eigenvalue weighted by atomic mass is 32.2. The Hall–Kier alpha value is -0.630. The fraction of sp³-hybridized carbons (Fsp3) is 0.429. The molecule has 0 aliphatic rings. The van der Waals surface area contributed by atoms with Gasteiger partial charge in [-0.15, -0.1) is 10.2 Å².